The van der Waals surface area contributed by atoms with Gasteiger partial charge in [0.15, 0.2) is 0 Å². The highest BCUT2D eigenvalue weighted by Gasteiger charge is 2.43. The van der Waals surface area contributed by atoms with Gasteiger partial charge in [-0.25, -0.2) is 13.2 Å². The molecule has 200 valence electrons. The number of rotatable bonds is 5. The number of aromatic nitrogens is 1. The zero-order chi connectivity index (χ0) is 26.9. The van der Waals surface area contributed by atoms with Crippen LogP contribution in [-0.4, -0.2) is 78.7 Å². The van der Waals surface area contributed by atoms with E-state index in [4.69, 9.17) is 4.74 Å². The molecule has 10 nitrogen and oxygen atoms in total. The van der Waals surface area contributed by atoms with Gasteiger partial charge in [-0.05, 0) is 56.2 Å². The predicted octanol–water partition coefficient (Wildman–Crippen LogP) is 3.66. The van der Waals surface area contributed by atoms with Gasteiger partial charge in [0, 0.05) is 48.4 Å². The number of hydrogen-bond donors (Lipinski definition) is 2. The minimum atomic E-state index is -3.92. The maximum Gasteiger partial charge on any atom is 0.407 e. The van der Waals surface area contributed by atoms with Gasteiger partial charge in [-0.3, -0.25) is 14.5 Å². The molecule has 0 radical (unpaired) electrons. The number of carbonyl (C=O) groups is 2. The van der Waals surface area contributed by atoms with Crippen LogP contribution in [-0.2, 0) is 14.8 Å². The molecule has 5 rings (SSSR count). The van der Waals surface area contributed by atoms with Gasteiger partial charge in [0.2, 0.25) is 0 Å². The first-order valence-corrected chi connectivity index (χ1v) is 14.1. The summed E-state index contributed by atoms with van der Waals surface area (Å²) in [5, 5.41) is 10.5. The lowest BCUT2D eigenvalue weighted by Crippen LogP contribution is -2.64. The molecule has 0 aliphatic carbocycles. The highest BCUT2D eigenvalue weighted by Crippen LogP contribution is 2.30. The number of carboxylic acid groups (broad SMARTS) is 1. The van der Waals surface area contributed by atoms with Gasteiger partial charge in [0.25, 0.3) is 15.9 Å². The maximum absolute atomic E-state index is 13.5. The molecule has 2 fully saturated rings. The molecule has 2 aliphatic rings. The van der Waals surface area contributed by atoms with E-state index >= 15 is 0 Å². The Bertz CT molecular complexity index is 1430. The number of anilines is 1. The number of piperazine rings is 1. The number of benzene rings is 2. The van der Waals surface area contributed by atoms with Crippen molar-refractivity contribution in [2.24, 2.45) is 5.92 Å². The van der Waals surface area contributed by atoms with Crippen LogP contribution < -0.4 is 4.72 Å². The Hall–Kier alpha value is -3.70. The van der Waals surface area contributed by atoms with E-state index in [0.29, 0.717) is 35.4 Å². The summed E-state index contributed by atoms with van der Waals surface area (Å²) in [5.41, 5.74) is 1.09. The second-order valence-corrected chi connectivity index (χ2v) is 11.3. The molecule has 1 aromatic heterocycles. The van der Waals surface area contributed by atoms with Crippen LogP contribution in [0.2, 0.25) is 0 Å². The van der Waals surface area contributed by atoms with Crippen molar-refractivity contribution >= 4 is 38.6 Å². The van der Waals surface area contributed by atoms with E-state index in [0.717, 1.165) is 12.8 Å². The van der Waals surface area contributed by atoms with Crippen molar-refractivity contribution < 1.29 is 27.9 Å². The third-order valence-corrected chi connectivity index (χ3v) is 8.79. The minimum Gasteiger partial charge on any atom is -0.465 e. The predicted molar refractivity (Wildman–Crippen MR) is 142 cm³/mol. The van der Waals surface area contributed by atoms with Gasteiger partial charge >= 0.3 is 6.09 Å². The zero-order valence-electron chi connectivity index (χ0n) is 21.0. The van der Waals surface area contributed by atoms with Gasteiger partial charge in [0.05, 0.1) is 24.2 Å². The molecule has 2 amide bonds. The summed E-state index contributed by atoms with van der Waals surface area (Å²) in [6.45, 7) is 3.53. The average molecular weight is 539 g/mol. The molecule has 0 bridgehead atoms. The Balaban J connectivity index is 1.33. The molecule has 2 aromatic carbocycles. The van der Waals surface area contributed by atoms with Crippen molar-refractivity contribution in [2.45, 2.75) is 36.7 Å². The minimum absolute atomic E-state index is 0.0192. The van der Waals surface area contributed by atoms with Crippen molar-refractivity contribution in [1.82, 2.24) is 14.8 Å². The number of hydrogen-bond acceptors (Lipinski definition) is 6. The topological polar surface area (TPSA) is 129 Å². The smallest absolute Gasteiger partial charge is 0.407 e. The molecule has 3 aromatic rings. The monoisotopic (exact) mass is 538 g/mol. The highest BCUT2D eigenvalue weighted by atomic mass is 32.2. The van der Waals surface area contributed by atoms with Crippen LogP contribution in [0.1, 0.15) is 30.1 Å². The van der Waals surface area contributed by atoms with Crippen molar-refractivity contribution in [3.63, 3.8) is 0 Å². The SMILES string of the molecule is CC1[C@@H]([C@H]2CCCOC2)N(C(=O)O)CCN1C(=O)c1ccc(NS(=O)(=O)c2cccc3cccnc23)cc1. The van der Waals surface area contributed by atoms with Crippen LogP contribution in [0.3, 0.4) is 0 Å². The van der Waals surface area contributed by atoms with Crippen molar-refractivity contribution in [3.05, 3.63) is 66.4 Å². The first kappa shape index (κ1) is 25.9. The second-order valence-electron chi connectivity index (χ2n) is 9.70. The first-order chi connectivity index (χ1) is 18.3. The Morgan fingerprint density at radius 3 is 2.50 bits per heavy atom. The molecule has 2 aliphatic heterocycles. The normalized spacial score (nSPS) is 22.3. The third kappa shape index (κ3) is 5.03. The maximum atomic E-state index is 13.5. The lowest BCUT2D eigenvalue weighted by Gasteiger charge is -2.48. The van der Waals surface area contributed by atoms with Crippen LogP contribution in [0.5, 0.6) is 0 Å². The number of pyridine rings is 1. The first-order valence-electron chi connectivity index (χ1n) is 12.6. The second kappa shape index (κ2) is 10.6. The Morgan fingerprint density at radius 1 is 1.05 bits per heavy atom. The van der Waals surface area contributed by atoms with Gasteiger partial charge in [-0.2, -0.15) is 0 Å². The third-order valence-electron chi connectivity index (χ3n) is 7.38. The van der Waals surface area contributed by atoms with Crippen LogP contribution in [0, 0.1) is 5.92 Å². The standard InChI is InChI=1S/C27H30N4O6S/c1-18-25(21-7-4-16-37-17-21)31(27(33)34)15-14-30(18)26(32)20-9-11-22(12-10-20)29-38(35,36)23-8-2-5-19-6-3-13-28-24(19)23/h2-3,5-6,8-13,18,21,25,29H,4,7,14-17H2,1H3,(H,33,34)/t18?,21-,25-/m0/s1. The molecule has 2 N–H and O–H groups in total. The summed E-state index contributed by atoms with van der Waals surface area (Å²) in [4.78, 5) is 32.8. The zero-order valence-corrected chi connectivity index (χ0v) is 21.8. The van der Waals surface area contributed by atoms with E-state index < -0.39 is 16.1 Å². The molecule has 2 saturated heterocycles. The van der Waals surface area contributed by atoms with E-state index in [1.807, 2.05) is 6.92 Å². The highest BCUT2D eigenvalue weighted by molar-refractivity contribution is 7.93. The average Bonchev–Trinajstić information content (AvgIpc) is 2.92. The molecule has 3 heterocycles. The summed E-state index contributed by atoms with van der Waals surface area (Å²) in [5.74, 6) is -0.206. The molecular weight excluding hydrogens is 508 g/mol. The molecule has 38 heavy (non-hydrogen) atoms. The fourth-order valence-electron chi connectivity index (χ4n) is 5.56. The quantitative estimate of drug-likeness (QED) is 0.507. The van der Waals surface area contributed by atoms with Gasteiger partial charge in [-0.1, -0.05) is 18.2 Å². The summed E-state index contributed by atoms with van der Waals surface area (Å²) < 4.78 is 34.4. The van der Waals surface area contributed by atoms with Crippen molar-refractivity contribution in [3.8, 4) is 0 Å². The summed E-state index contributed by atoms with van der Waals surface area (Å²) in [7, 11) is -3.92. The van der Waals surface area contributed by atoms with Crippen LogP contribution in [0.4, 0.5) is 10.5 Å². The number of amides is 2. The number of nitrogens with zero attached hydrogens (tertiary/aromatic N) is 3. The van der Waals surface area contributed by atoms with E-state index in [-0.39, 0.29) is 41.9 Å². The molecule has 1 unspecified atom stereocenters. The molecular formula is C27H30N4O6S. The molecule has 11 heteroatoms. The summed E-state index contributed by atoms with van der Waals surface area (Å²) >= 11 is 0. The molecule has 0 spiro atoms. The lowest BCUT2D eigenvalue weighted by atomic mass is 9.86. The van der Waals surface area contributed by atoms with E-state index in [2.05, 4.69) is 9.71 Å². The van der Waals surface area contributed by atoms with Gasteiger partial charge in [0.1, 0.15) is 4.90 Å². The number of nitrogens with one attached hydrogen (secondary N) is 1. The number of fused-ring (bicyclic) bond motifs is 1. The van der Waals surface area contributed by atoms with Gasteiger partial charge < -0.3 is 19.6 Å². The van der Waals surface area contributed by atoms with E-state index in [9.17, 15) is 23.1 Å². The fraction of sp³-hybridized carbons (Fsp3) is 0.370. The van der Waals surface area contributed by atoms with Crippen LogP contribution in [0.15, 0.2) is 65.7 Å². The number of sulfonamides is 1. The molecule has 0 saturated carbocycles. The fourth-order valence-corrected chi connectivity index (χ4v) is 6.79. The number of carbonyl (C=O) groups excluding carboxylic acids is 1. The Kier molecular flexibility index (Phi) is 7.22. The Labute approximate surface area is 221 Å². The van der Waals surface area contributed by atoms with Crippen LogP contribution in [0.25, 0.3) is 10.9 Å². The lowest BCUT2D eigenvalue weighted by molar-refractivity contribution is -0.0334. The summed E-state index contributed by atoms with van der Waals surface area (Å²) in [6, 6.07) is 14.1. The van der Waals surface area contributed by atoms with Crippen molar-refractivity contribution in [1.29, 1.82) is 0 Å². The van der Waals surface area contributed by atoms with E-state index in [1.54, 1.807) is 59.6 Å². The number of ether oxygens (including phenoxy) is 1. The largest absolute Gasteiger partial charge is 0.465 e. The van der Waals surface area contributed by atoms with Crippen molar-refractivity contribution in [2.75, 3.05) is 31.0 Å². The number of para-hydroxylation sites is 1. The van der Waals surface area contributed by atoms with Gasteiger partial charge in [-0.15, -0.1) is 0 Å². The van der Waals surface area contributed by atoms with E-state index in [1.165, 1.54) is 11.0 Å². The molecule has 3 atom stereocenters. The van der Waals surface area contributed by atoms with Crippen LogP contribution >= 0.6 is 0 Å². The Morgan fingerprint density at radius 2 is 1.79 bits per heavy atom. The summed E-state index contributed by atoms with van der Waals surface area (Å²) in [6.07, 6.45) is 2.27.